The first-order chi connectivity index (χ1) is 7.18. The van der Waals surface area contributed by atoms with Gasteiger partial charge in [0.25, 0.3) is 5.91 Å². The fraction of sp³-hybridized carbons (Fsp3) is 0.300. The van der Waals surface area contributed by atoms with Crippen LogP contribution in [0.4, 0.5) is 4.39 Å². The molecule has 0 unspecified atom stereocenters. The molecule has 0 aromatic heterocycles. The van der Waals surface area contributed by atoms with E-state index in [-0.39, 0.29) is 17.5 Å². The Morgan fingerprint density at radius 1 is 1.53 bits per heavy atom. The predicted molar refractivity (Wildman–Crippen MR) is 61.2 cm³/mol. The average Bonchev–Trinajstić information content (AvgIpc) is 2.11. The van der Waals surface area contributed by atoms with Gasteiger partial charge in [0.15, 0.2) is 0 Å². The molecular formula is C10H9FINO2. The summed E-state index contributed by atoms with van der Waals surface area (Å²) in [6.45, 7) is 1.02. The second-order valence-corrected chi connectivity index (χ2v) is 4.47. The minimum atomic E-state index is -0.486. The van der Waals surface area contributed by atoms with E-state index in [0.717, 1.165) is 0 Å². The van der Waals surface area contributed by atoms with Crippen molar-refractivity contribution >= 4 is 28.5 Å². The second-order valence-electron chi connectivity index (χ2n) is 3.30. The molecule has 1 aromatic carbocycles. The zero-order chi connectivity index (χ0) is 10.8. The molecule has 2 rings (SSSR count). The Labute approximate surface area is 100 Å². The molecule has 1 aromatic rings. The Morgan fingerprint density at radius 2 is 2.27 bits per heavy atom. The number of ether oxygens (including phenoxy) is 1. The van der Waals surface area contributed by atoms with Crippen LogP contribution < -0.4 is 5.32 Å². The number of carbonyl (C=O) groups excluding carboxylic acids is 1. The highest BCUT2D eigenvalue weighted by Gasteiger charge is 2.23. The number of nitrogens with one attached hydrogen (secondary N) is 1. The van der Waals surface area contributed by atoms with Gasteiger partial charge in [-0.25, -0.2) is 4.39 Å². The third kappa shape index (κ3) is 2.28. The summed E-state index contributed by atoms with van der Waals surface area (Å²) in [5.41, 5.74) is 0.116. The minimum absolute atomic E-state index is 0.0212. The van der Waals surface area contributed by atoms with Gasteiger partial charge >= 0.3 is 0 Å². The summed E-state index contributed by atoms with van der Waals surface area (Å²) in [6, 6.07) is 4.60. The van der Waals surface area contributed by atoms with Crippen LogP contribution >= 0.6 is 22.6 Å². The van der Waals surface area contributed by atoms with Gasteiger partial charge in [0.05, 0.1) is 24.8 Å². The molecule has 0 saturated carbocycles. The molecule has 0 bridgehead atoms. The minimum Gasteiger partial charge on any atom is -0.377 e. The van der Waals surface area contributed by atoms with Crippen molar-refractivity contribution in [1.82, 2.24) is 5.32 Å². The SMILES string of the molecule is O=C(NC1COC1)c1c(F)cccc1I. The molecule has 1 aliphatic heterocycles. The van der Waals surface area contributed by atoms with Crippen molar-refractivity contribution in [3.05, 3.63) is 33.1 Å². The number of carbonyl (C=O) groups is 1. The summed E-state index contributed by atoms with van der Waals surface area (Å²) >= 11 is 1.95. The monoisotopic (exact) mass is 321 g/mol. The molecule has 0 radical (unpaired) electrons. The highest BCUT2D eigenvalue weighted by atomic mass is 127. The van der Waals surface area contributed by atoms with E-state index in [1.165, 1.54) is 6.07 Å². The number of rotatable bonds is 2. The highest BCUT2D eigenvalue weighted by molar-refractivity contribution is 14.1. The van der Waals surface area contributed by atoms with E-state index in [2.05, 4.69) is 5.32 Å². The number of hydrogen-bond donors (Lipinski definition) is 1. The van der Waals surface area contributed by atoms with Crippen molar-refractivity contribution in [3.8, 4) is 0 Å². The first kappa shape index (κ1) is 10.8. The Kier molecular flexibility index (Phi) is 3.20. The summed E-state index contributed by atoms with van der Waals surface area (Å²) in [7, 11) is 0. The number of benzene rings is 1. The van der Waals surface area contributed by atoms with E-state index in [9.17, 15) is 9.18 Å². The topological polar surface area (TPSA) is 38.3 Å². The second kappa shape index (κ2) is 4.44. The van der Waals surface area contributed by atoms with Gasteiger partial charge in [-0.05, 0) is 34.7 Å². The molecule has 1 aliphatic rings. The third-order valence-corrected chi connectivity index (χ3v) is 3.06. The van der Waals surface area contributed by atoms with Crippen molar-refractivity contribution in [2.24, 2.45) is 0 Å². The normalized spacial score (nSPS) is 15.9. The summed E-state index contributed by atoms with van der Waals surface area (Å²) in [5, 5.41) is 2.71. The van der Waals surface area contributed by atoms with E-state index in [1.807, 2.05) is 22.6 Å². The largest absolute Gasteiger partial charge is 0.377 e. The van der Waals surface area contributed by atoms with Gasteiger partial charge in [-0.3, -0.25) is 4.79 Å². The summed E-state index contributed by atoms with van der Waals surface area (Å²) < 4.78 is 18.9. The van der Waals surface area contributed by atoms with Crippen molar-refractivity contribution in [3.63, 3.8) is 0 Å². The highest BCUT2D eigenvalue weighted by Crippen LogP contribution is 2.16. The lowest BCUT2D eigenvalue weighted by atomic mass is 10.1. The molecule has 15 heavy (non-hydrogen) atoms. The Morgan fingerprint density at radius 3 is 2.80 bits per heavy atom. The molecule has 3 nitrogen and oxygen atoms in total. The maximum absolute atomic E-state index is 13.4. The van der Waals surface area contributed by atoms with Crippen LogP contribution in [0.15, 0.2) is 18.2 Å². The van der Waals surface area contributed by atoms with E-state index in [4.69, 9.17) is 4.74 Å². The van der Waals surface area contributed by atoms with Crippen molar-refractivity contribution in [1.29, 1.82) is 0 Å². The van der Waals surface area contributed by atoms with Gasteiger partial charge in [0, 0.05) is 3.57 Å². The molecule has 1 saturated heterocycles. The molecule has 1 heterocycles. The van der Waals surface area contributed by atoms with Crippen LogP contribution in [-0.2, 0) is 4.74 Å². The fourth-order valence-electron chi connectivity index (χ4n) is 1.29. The van der Waals surface area contributed by atoms with Gasteiger partial charge < -0.3 is 10.1 Å². The first-order valence-electron chi connectivity index (χ1n) is 4.51. The molecule has 1 amide bonds. The van der Waals surface area contributed by atoms with Crippen LogP contribution in [0.5, 0.6) is 0 Å². The predicted octanol–water partition coefficient (Wildman–Crippen LogP) is 1.56. The zero-order valence-corrected chi connectivity index (χ0v) is 9.95. The Hall–Kier alpha value is -0.690. The summed E-state index contributed by atoms with van der Waals surface area (Å²) in [4.78, 5) is 11.7. The van der Waals surface area contributed by atoms with Gasteiger partial charge in [0.2, 0.25) is 0 Å². The van der Waals surface area contributed by atoms with E-state index >= 15 is 0 Å². The zero-order valence-electron chi connectivity index (χ0n) is 7.80. The fourth-order valence-corrected chi connectivity index (χ4v) is 2.00. The van der Waals surface area contributed by atoms with Crippen molar-refractivity contribution < 1.29 is 13.9 Å². The van der Waals surface area contributed by atoms with E-state index in [0.29, 0.717) is 16.8 Å². The van der Waals surface area contributed by atoms with Crippen LogP contribution in [0.1, 0.15) is 10.4 Å². The molecule has 0 atom stereocenters. The molecular weight excluding hydrogens is 312 g/mol. The lowest BCUT2D eigenvalue weighted by molar-refractivity contribution is -0.00354. The molecule has 5 heteroatoms. The van der Waals surface area contributed by atoms with Crippen LogP contribution in [0, 0.1) is 9.39 Å². The Balaban J connectivity index is 2.16. The quantitative estimate of drug-likeness (QED) is 0.840. The molecule has 80 valence electrons. The lowest BCUT2D eigenvalue weighted by Gasteiger charge is -2.26. The van der Waals surface area contributed by atoms with Gasteiger partial charge in [-0.15, -0.1) is 0 Å². The molecule has 1 N–H and O–H groups in total. The maximum Gasteiger partial charge on any atom is 0.255 e. The van der Waals surface area contributed by atoms with Gasteiger partial charge in [0.1, 0.15) is 5.82 Å². The first-order valence-corrected chi connectivity index (χ1v) is 5.59. The van der Waals surface area contributed by atoms with E-state index in [1.54, 1.807) is 12.1 Å². The standard InChI is InChI=1S/C10H9FINO2/c11-7-2-1-3-8(12)9(7)10(14)13-6-4-15-5-6/h1-3,6H,4-5H2,(H,13,14). The molecule has 1 fully saturated rings. The third-order valence-electron chi connectivity index (χ3n) is 2.16. The number of hydrogen-bond acceptors (Lipinski definition) is 2. The Bertz CT molecular complexity index is 373. The number of halogens is 2. The number of amides is 1. The maximum atomic E-state index is 13.4. The van der Waals surface area contributed by atoms with Crippen molar-refractivity contribution in [2.75, 3.05) is 13.2 Å². The molecule has 0 aliphatic carbocycles. The van der Waals surface area contributed by atoms with Crippen molar-refractivity contribution in [2.45, 2.75) is 6.04 Å². The average molecular weight is 321 g/mol. The summed E-state index contributed by atoms with van der Waals surface area (Å²) in [5.74, 6) is -0.856. The van der Waals surface area contributed by atoms with Gasteiger partial charge in [-0.2, -0.15) is 0 Å². The smallest absolute Gasteiger partial charge is 0.255 e. The lowest BCUT2D eigenvalue weighted by Crippen LogP contribution is -2.48. The van der Waals surface area contributed by atoms with Gasteiger partial charge in [-0.1, -0.05) is 6.07 Å². The molecule has 0 spiro atoms. The van der Waals surface area contributed by atoms with E-state index < -0.39 is 5.82 Å². The van der Waals surface area contributed by atoms with Crippen LogP contribution in [0.3, 0.4) is 0 Å². The summed E-state index contributed by atoms with van der Waals surface area (Å²) in [6.07, 6.45) is 0. The van der Waals surface area contributed by atoms with Crippen LogP contribution in [0.2, 0.25) is 0 Å². The van der Waals surface area contributed by atoms with Crippen LogP contribution in [-0.4, -0.2) is 25.2 Å². The van der Waals surface area contributed by atoms with Crippen LogP contribution in [0.25, 0.3) is 0 Å².